The van der Waals surface area contributed by atoms with Crippen molar-refractivity contribution in [2.75, 3.05) is 5.88 Å². The van der Waals surface area contributed by atoms with Crippen molar-refractivity contribution in [2.24, 2.45) is 0 Å². The van der Waals surface area contributed by atoms with E-state index in [1.165, 1.54) is 11.1 Å². The zero-order chi connectivity index (χ0) is 14.3. The first-order valence-corrected chi connectivity index (χ1v) is 7.45. The van der Waals surface area contributed by atoms with Crippen LogP contribution >= 0.6 is 11.6 Å². The lowest BCUT2D eigenvalue weighted by atomic mass is 9.95. The number of benzene rings is 1. The smallest absolute Gasteiger partial charge is 0.220 e. The molecule has 0 spiro atoms. The van der Waals surface area contributed by atoms with Crippen molar-refractivity contribution in [2.45, 2.75) is 52.0 Å². The van der Waals surface area contributed by atoms with Crippen LogP contribution in [0.1, 0.15) is 44.2 Å². The highest BCUT2D eigenvalue weighted by atomic mass is 35.5. The van der Waals surface area contributed by atoms with Gasteiger partial charge in [-0.05, 0) is 38.7 Å². The minimum Gasteiger partial charge on any atom is -0.351 e. The Labute approximate surface area is 121 Å². The highest BCUT2D eigenvalue weighted by Gasteiger charge is 2.23. The molecule has 0 bridgehead atoms. The van der Waals surface area contributed by atoms with E-state index in [0.29, 0.717) is 12.3 Å². The van der Waals surface area contributed by atoms with E-state index in [1.807, 2.05) is 0 Å². The monoisotopic (exact) mass is 281 g/mol. The molecule has 0 heterocycles. The van der Waals surface area contributed by atoms with Gasteiger partial charge in [-0.25, -0.2) is 0 Å². The molecule has 1 aromatic carbocycles. The van der Waals surface area contributed by atoms with Crippen LogP contribution in [0.2, 0.25) is 0 Å². The Morgan fingerprint density at radius 2 is 1.95 bits per heavy atom. The molecule has 1 rings (SSSR count). The van der Waals surface area contributed by atoms with Gasteiger partial charge in [0.25, 0.3) is 0 Å². The average molecular weight is 282 g/mol. The van der Waals surface area contributed by atoms with Gasteiger partial charge in [0.1, 0.15) is 0 Å². The Morgan fingerprint density at radius 1 is 1.32 bits per heavy atom. The van der Waals surface area contributed by atoms with Crippen molar-refractivity contribution in [3.63, 3.8) is 0 Å². The first kappa shape index (κ1) is 16.0. The van der Waals surface area contributed by atoms with Crippen molar-refractivity contribution >= 4 is 17.5 Å². The van der Waals surface area contributed by atoms with Crippen LogP contribution in [0, 0.1) is 6.92 Å². The summed E-state index contributed by atoms with van der Waals surface area (Å²) in [6.07, 6.45) is 3.02. The van der Waals surface area contributed by atoms with Crippen LogP contribution in [-0.2, 0) is 11.2 Å². The van der Waals surface area contributed by atoms with Crippen LogP contribution in [0.25, 0.3) is 0 Å². The number of hydrogen-bond acceptors (Lipinski definition) is 1. The molecule has 3 heteroatoms. The fraction of sp³-hybridized carbons (Fsp3) is 0.562. The highest BCUT2D eigenvalue weighted by Crippen LogP contribution is 2.15. The summed E-state index contributed by atoms with van der Waals surface area (Å²) in [5.74, 6) is 0.679. The molecule has 0 aliphatic carbocycles. The van der Waals surface area contributed by atoms with Gasteiger partial charge in [-0.1, -0.05) is 36.8 Å². The van der Waals surface area contributed by atoms with Gasteiger partial charge in [-0.15, -0.1) is 11.6 Å². The quantitative estimate of drug-likeness (QED) is 0.756. The zero-order valence-electron chi connectivity index (χ0n) is 12.1. The summed E-state index contributed by atoms with van der Waals surface area (Å²) in [6, 6.07) is 8.33. The number of carbonyl (C=O) groups excluding carboxylic acids is 1. The van der Waals surface area contributed by atoms with E-state index < -0.39 is 0 Å². The Morgan fingerprint density at radius 3 is 2.47 bits per heavy atom. The van der Waals surface area contributed by atoms with E-state index in [1.54, 1.807) is 0 Å². The van der Waals surface area contributed by atoms with E-state index in [2.05, 4.69) is 50.4 Å². The fourth-order valence-corrected chi connectivity index (χ4v) is 2.37. The van der Waals surface area contributed by atoms with Crippen LogP contribution in [0.3, 0.4) is 0 Å². The predicted octanol–water partition coefficient (Wildman–Crippen LogP) is 3.84. The fourth-order valence-electron chi connectivity index (χ4n) is 1.95. The third-order valence-corrected chi connectivity index (χ3v) is 3.82. The summed E-state index contributed by atoms with van der Waals surface area (Å²) in [4.78, 5) is 12.0. The molecule has 0 aliphatic heterocycles. The number of rotatable bonds is 7. The van der Waals surface area contributed by atoms with Crippen molar-refractivity contribution in [1.82, 2.24) is 5.32 Å². The van der Waals surface area contributed by atoms with Crippen LogP contribution in [-0.4, -0.2) is 17.3 Å². The van der Waals surface area contributed by atoms with Crippen LogP contribution in [0.4, 0.5) is 0 Å². The highest BCUT2D eigenvalue weighted by molar-refractivity contribution is 6.17. The van der Waals surface area contributed by atoms with Gasteiger partial charge < -0.3 is 5.32 Å². The normalized spacial score (nSPS) is 13.9. The third-order valence-electron chi connectivity index (χ3n) is 3.63. The number of alkyl halides is 1. The molecule has 0 aliphatic rings. The number of halogens is 1. The molecule has 106 valence electrons. The Hall–Kier alpha value is -1.02. The van der Waals surface area contributed by atoms with Crippen LogP contribution < -0.4 is 5.32 Å². The van der Waals surface area contributed by atoms with Gasteiger partial charge in [-0.2, -0.15) is 0 Å². The van der Waals surface area contributed by atoms with Crippen molar-refractivity contribution in [1.29, 1.82) is 0 Å². The lowest BCUT2D eigenvalue weighted by Crippen LogP contribution is -2.45. The molecule has 0 aromatic heterocycles. The molecular formula is C16H24ClNO. The minimum absolute atomic E-state index is 0.107. The first-order chi connectivity index (χ1) is 8.99. The SMILES string of the molecule is CCC(C)(CCCl)NC(=O)CCc1ccc(C)cc1. The minimum atomic E-state index is -0.174. The number of nitrogens with one attached hydrogen (secondary N) is 1. The number of hydrogen-bond donors (Lipinski definition) is 1. The summed E-state index contributed by atoms with van der Waals surface area (Å²) in [5.41, 5.74) is 2.27. The summed E-state index contributed by atoms with van der Waals surface area (Å²) in [7, 11) is 0. The summed E-state index contributed by atoms with van der Waals surface area (Å²) in [6.45, 7) is 6.20. The molecular weight excluding hydrogens is 258 g/mol. The molecule has 0 saturated carbocycles. The molecule has 0 saturated heterocycles. The second-order valence-electron chi connectivity index (χ2n) is 5.39. The van der Waals surface area contributed by atoms with E-state index in [9.17, 15) is 4.79 Å². The van der Waals surface area contributed by atoms with Gasteiger partial charge in [0.15, 0.2) is 0 Å². The van der Waals surface area contributed by atoms with E-state index >= 15 is 0 Å². The van der Waals surface area contributed by atoms with Crippen molar-refractivity contribution in [3.8, 4) is 0 Å². The maximum absolute atomic E-state index is 12.0. The van der Waals surface area contributed by atoms with E-state index in [0.717, 1.165) is 19.3 Å². The molecule has 1 atom stereocenters. The Kier molecular flexibility index (Phi) is 6.36. The standard InChI is InChI=1S/C16H24ClNO/c1-4-16(3,11-12-17)18-15(19)10-9-14-7-5-13(2)6-8-14/h5-8H,4,9-12H2,1-3H3,(H,18,19). The van der Waals surface area contributed by atoms with Gasteiger partial charge in [0.2, 0.25) is 5.91 Å². The first-order valence-electron chi connectivity index (χ1n) is 6.91. The van der Waals surface area contributed by atoms with Crippen LogP contribution in [0.5, 0.6) is 0 Å². The van der Waals surface area contributed by atoms with Gasteiger partial charge in [-0.3, -0.25) is 4.79 Å². The van der Waals surface area contributed by atoms with Crippen molar-refractivity contribution < 1.29 is 4.79 Å². The second-order valence-corrected chi connectivity index (χ2v) is 5.76. The maximum atomic E-state index is 12.0. The maximum Gasteiger partial charge on any atom is 0.220 e. The molecule has 2 nitrogen and oxygen atoms in total. The molecule has 1 unspecified atom stereocenters. The summed E-state index contributed by atoms with van der Waals surface area (Å²) in [5, 5.41) is 3.10. The van der Waals surface area contributed by atoms with Crippen LogP contribution in [0.15, 0.2) is 24.3 Å². The molecule has 19 heavy (non-hydrogen) atoms. The lowest BCUT2D eigenvalue weighted by molar-refractivity contribution is -0.122. The number of carbonyl (C=O) groups is 1. The average Bonchev–Trinajstić information content (AvgIpc) is 2.38. The lowest BCUT2D eigenvalue weighted by Gasteiger charge is -2.29. The molecule has 1 aromatic rings. The summed E-state index contributed by atoms with van der Waals surface area (Å²) < 4.78 is 0. The number of amides is 1. The second kappa shape index (κ2) is 7.54. The molecule has 1 amide bonds. The zero-order valence-corrected chi connectivity index (χ0v) is 12.9. The third kappa shape index (κ3) is 5.65. The molecule has 1 N–H and O–H groups in total. The van der Waals surface area contributed by atoms with E-state index in [4.69, 9.17) is 11.6 Å². The topological polar surface area (TPSA) is 29.1 Å². The Bertz CT molecular complexity index is 402. The predicted molar refractivity (Wildman–Crippen MR) is 81.7 cm³/mol. The molecule has 0 radical (unpaired) electrons. The number of aryl methyl sites for hydroxylation is 2. The Balaban J connectivity index is 2.45. The van der Waals surface area contributed by atoms with Gasteiger partial charge >= 0.3 is 0 Å². The van der Waals surface area contributed by atoms with E-state index in [-0.39, 0.29) is 11.4 Å². The molecule has 0 fully saturated rings. The van der Waals surface area contributed by atoms with Crippen molar-refractivity contribution in [3.05, 3.63) is 35.4 Å². The summed E-state index contributed by atoms with van der Waals surface area (Å²) >= 11 is 5.78. The largest absolute Gasteiger partial charge is 0.351 e. The van der Waals surface area contributed by atoms with Gasteiger partial charge in [0, 0.05) is 17.8 Å². The van der Waals surface area contributed by atoms with Gasteiger partial charge in [0.05, 0.1) is 0 Å².